The largest absolute Gasteiger partial charge is 0.480 e. The highest BCUT2D eigenvalue weighted by Crippen LogP contribution is 2.37. The molecule has 1 amide bonds. The molecule has 8 heteroatoms. The number of hydrogen-bond acceptors (Lipinski definition) is 4. The molecule has 0 saturated heterocycles. The first-order valence-electron chi connectivity index (χ1n) is 10.8. The van der Waals surface area contributed by atoms with E-state index in [0.717, 1.165) is 16.3 Å². The van der Waals surface area contributed by atoms with Crippen molar-refractivity contribution in [3.05, 3.63) is 106 Å². The van der Waals surface area contributed by atoms with Crippen molar-refractivity contribution in [2.24, 2.45) is 0 Å². The van der Waals surface area contributed by atoms with Crippen LogP contribution in [0, 0.1) is 0 Å². The van der Waals surface area contributed by atoms with E-state index in [-0.39, 0.29) is 12.5 Å². The van der Waals surface area contributed by atoms with E-state index in [4.69, 9.17) is 23.2 Å². The van der Waals surface area contributed by atoms with E-state index in [1.165, 1.54) is 11.9 Å². The van der Waals surface area contributed by atoms with Gasteiger partial charge in [0.1, 0.15) is 6.54 Å². The molecule has 4 rings (SSSR count). The maximum absolute atomic E-state index is 13.4. The number of carboxylic acids is 1. The van der Waals surface area contributed by atoms with Crippen molar-refractivity contribution in [2.75, 3.05) is 17.9 Å². The van der Waals surface area contributed by atoms with Crippen LogP contribution in [0.25, 0.3) is 10.8 Å². The van der Waals surface area contributed by atoms with Gasteiger partial charge in [0, 0.05) is 39.5 Å². The number of nitrogens with zero attached hydrogens (tertiary/aromatic N) is 2. The van der Waals surface area contributed by atoms with E-state index in [2.05, 4.69) is 0 Å². The molecule has 0 aliphatic heterocycles. The Morgan fingerprint density at radius 3 is 2.23 bits per heavy atom. The van der Waals surface area contributed by atoms with Crippen molar-refractivity contribution in [2.45, 2.75) is 11.4 Å². The summed E-state index contributed by atoms with van der Waals surface area (Å²) in [5, 5.41) is 12.2. The molecule has 0 spiro atoms. The van der Waals surface area contributed by atoms with E-state index in [1.807, 2.05) is 60.7 Å². The summed E-state index contributed by atoms with van der Waals surface area (Å²) in [7, 11) is 1.75. The van der Waals surface area contributed by atoms with Gasteiger partial charge in [0.2, 0.25) is 0 Å². The quantitative estimate of drug-likeness (QED) is 0.251. The zero-order valence-electron chi connectivity index (χ0n) is 18.8. The maximum Gasteiger partial charge on any atom is 0.324 e. The van der Waals surface area contributed by atoms with Crippen LogP contribution < -0.4 is 4.31 Å². The Hall–Kier alpha value is -3.19. The molecule has 4 aromatic carbocycles. The number of halogens is 2. The molecule has 0 fully saturated rings. The minimum atomic E-state index is -1.01. The minimum Gasteiger partial charge on any atom is -0.480 e. The minimum absolute atomic E-state index is 0.160. The van der Waals surface area contributed by atoms with Gasteiger partial charge in [-0.15, -0.1) is 0 Å². The fraction of sp³-hybridized carbons (Fsp3) is 0.111. The van der Waals surface area contributed by atoms with Gasteiger partial charge in [-0.3, -0.25) is 9.59 Å². The highest BCUT2D eigenvalue weighted by atomic mass is 35.5. The lowest BCUT2D eigenvalue weighted by Gasteiger charge is -2.25. The molecule has 0 saturated carbocycles. The number of carbonyl (C=O) groups is 2. The van der Waals surface area contributed by atoms with Crippen molar-refractivity contribution in [3.8, 4) is 0 Å². The molecule has 0 heterocycles. The number of anilines is 1. The molecule has 0 aliphatic rings. The van der Waals surface area contributed by atoms with Gasteiger partial charge in [0.05, 0.1) is 5.69 Å². The molecule has 1 N–H and O–H groups in total. The third-order valence-electron chi connectivity index (χ3n) is 5.30. The highest BCUT2D eigenvalue weighted by Gasteiger charge is 2.20. The Kier molecular flexibility index (Phi) is 7.86. The smallest absolute Gasteiger partial charge is 0.324 e. The van der Waals surface area contributed by atoms with E-state index in [1.54, 1.807) is 40.5 Å². The number of benzene rings is 4. The number of fused-ring (bicyclic) bond motifs is 1. The number of carbonyl (C=O) groups excluding carboxylic acids is 1. The van der Waals surface area contributed by atoms with Crippen molar-refractivity contribution in [1.82, 2.24) is 4.90 Å². The van der Waals surface area contributed by atoms with E-state index in [0.29, 0.717) is 32.7 Å². The summed E-state index contributed by atoms with van der Waals surface area (Å²) < 4.78 is 1.64. The van der Waals surface area contributed by atoms with Crippen LogP contribution in [0.4, 0.5) is 5.69 Å². The van der Waals surface area contributed by atoms with Crippen LogP contribution in [0.15, 0.2) is 89.8 Å². The molecule has 178 valence electrons. The lowest BCUT2D eigenvalue weighted by molar-refractivity contribution is -0.135. The predicted octanol–water partition coefficient (Wildman–Crippen LogP) is 7.02. The fourth-order valence-corrected chi connectivity index (χ4v) is 5.46. The van der Waals surface area contributed by atoms with Crippen molar-refractivity contribution in [1.29, 1.82) is 0 Å². The average molecular weight is 525 g/mol. The summed E-state index contributed by atoms with van der Waals surface area (Å²) in [4.78, 5) is 27.5. The molecule has 0 aliphatic carbocycles. The third kappa shape index (κ3) is 6.28. The van der Waals surface area contributed by atoms with Gasteiger partial charge in [0.25, 0.3) is 5.91 Å². The highest BCUT2D eigenvalue weighted by molar-refractivity contribution is 8.00. The Morgan fingerprint density at radius 1 is 0.886 bits per heavy atom. The second-order valence-corrected chi connectivity index (χ2v) is 9.96. The first kappa shape index (κ1) is 24.9. The average Bonchev–Trinajstić information content (AvgIpc) is 2.82. The second kappa shape index (κ2) is 11.0. The van der Waals surface area contributed by atoms with Gasteiger partial charge in [-0.2, -0.15) is 0 Å². The number of carboxylic acid groups (broad SMARTS) is 1. The molecule has 5 nitrogen and oxygen atoms in total. The standard InChI is InChI=1S/C27H22Cl2N2O3S/c1-30(16-18-7-3-2-4-8-18)27(34)20-11-19-9-5-6-10-24(19)25(12-20)31(17-26(32)33)35-23-14-21(28)13-22(29)15-23/h2-15H,16-17H2,1H3,(H,32,33). The van der Waals surface area contributed by atoms with Gasteiger partial charge < -0.3 is 14.3 Å². The monoisotopic (exact) mass is 524 g/mol. The van der Waals surface area contributed by atoms with E-state index in [9.17, 15) is 14.7 Å². The first-order valence-corrected chi connectivity index (χ1v) is 12.3. The summed E-state index contributed by atoms with van der Waals surface area (Å²) in [5.74, 6) is -1.17. The summed E-state index contributed by atoms with van der Waals surface area (Å²) in [6.07, 6.45) is 0. The van der Waals surface area contributed by atoms with Gasteiger partial charge in [-0.25, -0.2) is 0 Å². The van der Waals surface area contributed by atoms with Crippen LogP contribution in [0.5, 0.6) is 0 Å². The Morgan fingerprint density at radius 2 is 1.54 bits per heavy atom. The Balaban J connectivity index is 1.75. The normalized spacial score (nSPS) is 10.8. The van der Waals surface area contributed by atoms with Crippen LogP contribution in [-0.2, 0) is 11.3 Å². The first-order chi connectivity index (χ1) is 16.8. The molecule has 4 aromatic rings. The molecule has 0 atom stereocenters. The lowest BCUT2D eigenvalue weighted by atomic mass is 10.0. The van der Waals surface area contributed by atoms with Crippen LogP contribution in [0.1, 0.15) is 15.9 Å². The topological polar surface area (TPSA) is 60.9 Å². The molecule has 0 unspecified atom stereocenters. The second-order valence-electron chi connectivity index (χ2n) is 7.99. The van der Waals surface area contributed by atoms with Crippen LogP contribution >= 0.6 is 35.1 Å². The SMILES string of the molecule is CN(Cc1ccccc1)C(=O)c1cc(N(CC(=O)O)Sc2cc(Cl)cc(Cl)c2)c2ccccc2c1. The van der Waals surface area contributed by atoms with Crippen molar-refractivity contribution < 1.29 is 14.7 Å². The molecule has 35 heavy (non-hydrogen) atoms. The van der Waals surface area contributed by atoms with Gasteiger partial charge in [-0.05, 0) is 53.2 Å². The van der Waals surface area contributed by atoms with Crippen LogP contribution in [0.2, 0.25) is 10.0 Å². The van der Waals surface area contributed by atoms with Gasteiger partial charge in [-0.1, -0.05) is 77.8 Å². The molecular weight excluding hydrogens is 503 g/mol. The van der Waals surface area contributed by atoms with E-state index < -0.39 is 5.97 Å². The third-order valence-corrected chi connectivity index (χ3v) is 6.72. The van der Waals surface area contributed by atoms with Crippen molar-refractivity contribution >= 4 is 63.5 Å². The number of rotatable bonds is 8. The van der Waals surface area contributed by atoms with Crippen molar-refractivity contribution in [3.63, 3.8) is 0 Å². The number of hydrogen-bond donors (Lipinski definition) is 1. The van der Waals surface area contributed by atoms with Gasteiger partial charge in [0.15, 0.2) is 0 Å². The zero-order valence-corrected chi connectivity index (χ0v) is 21.1. The molecule has 0 radical (unpaired) electrons. The summed E-state index contributed by atoms with van der Waals surface area (Å²) >= 11 is 13.5. The van der Waals surface area contributed by atoms with Crippen LogP contribution in [0.3, 0.4) is 0 Å². The fourth-order valence-electron chi connectivity index (χ4n) is 3.77. The zero-order chi connectivity index (χ0) is 24.9. The van der Waals surface area contributed by atoms with E-state index >= 15 is 0 Å². The maximum atomic E-state index is 13.4. The van der Waals surface area contributed by atoms with Gasteiger partial charge >= 0.3 is 5.97 Å². The predicted molar refractivity (Wildman–Crippen MR) is 143 cm³/mol. The summed E-state index contributed by atoms with van der Waals surface area (Å²) in [6, 6.07) is 26.0. The summed E-state index contributed by atoms with van der Waals surface area (Å²) in [5.41, 5.74) is 2.10. The Bertz CT molecular complexity index is 1360. The summed E-state index contributed by atoms with van der Waals surface area (Å²) in [6.45, 7) is 0.159. The molecular formula is C27H22Cl2N2O3S. The molecule has 0 bridgehead atoms. The van der Waals surface area contributed by atoms with Crippen LogP contribution in [-0.4, -0.2) is 35.5 Å². The number of amides is 1. The Labute approximate surface area is 218 Å². The number of aliphatic carboxylic acids is 1. The lowest BCUT2D eigenvalue weighted by Crippen LogP contribution is -2.27. The molecule has 0 aromatic heterocycles.